The Morgan fingerprint density at radius 3 is 2.31 bits per heavy atom. The normalized spacial score (nSPS) is 10.7. The molecule has 3 aromatic rings. The van der Waals surface area contributed by atoms with Crippen LogP contribution >= 0.6 is 15.9 Å². The van der Waals surface area contributed by atoms with Crippen molar-refractivity contribution in [3.63, 3.8) is 0 Å². The fraction of sp³-hybridized carbons (Fsp3) is 0.0455. The number of rotatable bonds is 6. The molecule has 7 heteroatoms. The first-order valence-electron chi connectivity index (χ1n) is 8.55. The van der Waals surface area contributed by atoms with Crippen molar-refractivity contribution >= 4 is 28.0 Å². The molecule has 0 fully saturated rings. The molecule has 0 heterocycles. The lowest BCUT2D eigenvalue weighted by molar-refractivity contribution is -0.400. The number of hydrogen-bond acceptors (Lipinski definition) is 5. The highest BCUT2D eigenvalue weighted by Crippen LogP contribution is 2.37. The smallest absolute Gasteiger partial charge is 0.343 e. The molecule has 0 spiro atoms. The molecular formula is C22H16BrNO5. The summed E-state index contributed by atoms with van der Waals surface area (Å²) in [6.45, 7) is 0. The number of nitrogens with zero attached hydrogens (tertiary/aromatic N) is 1. The van der Waals surface area contributed by atoms with E-state index in [-0.39, 0.29) is 11.5 Å². The van der Waals surface area contributed by atoms with Gasteiger partial charge >= 0.3 is 5.97 Å². The third-order valence-electron chi connectivity index (χ3n) is 4.06. The van der Waals surface area contributed by atoms with Crippen LogP contribution in [0.1, 0.15) is 15.9 Å². The molecule has 3 aromatic carbocycles. The predicted molar refractivity (Wildman–Crippen MR) is 114 cm³/mol. The first kappa shape index (κ1) is 20.3. The molecule has 0 bridgehead atoms. The molecule has 0 unspecified atom stereocenters. The number of benzene rings is 3. The molecule has 3 rings (SSSR count). The molecule has 0 radical (unpaired) electrons. The van der Waals surface area contributed by atoms with Crippen molar-refractivity contribution in [3.8, 4) is 22.6 Å². The number of halogens is 1. The van der Waals surface area contributed by atoms with Crippen LogP contribution in [0.5, 0.6) is 11.5 Å². The van der Waals surface area contributed by atoms with Gasteiger partial charge in [0.1, 0.15) is 0 Å². The van der Waals surface area contributed by atoms with Crippen molar-refractivity contribution in [1.29, 1.82) is 0 Å². The summed E-state index contributed by atoms with van der Waals surface area (Å²) >= 11 is 3.33. The Morgan fingerprint density at radius 2 is 1.69 bits per heavy atom. The Kier molecular flexibility index (Phi) is 6.41. The second-order valence-electron chi connectivity index (χ2n) is 5.97. The van der Waals surface area contributed by atoms with Crippen molar-refractivity contribution in [3.05, 3.63) is 98.6 Å². The highest BCUT2D eigenvalue weighted by Gasteiger charge is 2.17. The lowest BCUT2D eigenvalue weighted by Crippen LogP contribution is -2.09. The van der Waals surface area contributed by atoms with Crippen molar-refractivity contribution in [2.24, 2.45) is 0 Å². The van der Waals surface area contributed by atoms with E-state index in [1.807, 2.05) is 42.5 Å². The number of carbonyl (C=O) groups excluding carboxylic acids is 1. The van der Waals surface area contributed by atoms with E-state index < -0.39 is 10.9 Å². The zero-order valence-corrected chi connectivity index (χ0v) is 17.0. The molecule has 29 heavy (non-hydrogen) atoms. The van der Waals surface area contributed by atoms with Crippen molar-refractivity contribution in [2.45, 2.75) is 0 Å². The lowest BCUT2D eigenvalue weighted by atomic mass is 10.0. The van der Waals surface area contributed by atoms with E-state index in [0.717, 1.165) is 17.3 Å². The fourth-order valence-corrected chi connectivity index (χ4v) is 3.20. The number of hydrogen-bond donors (Lipinski definition) is 0. The van der Waals surface area contributed by atoms with Gasteiger partial charge in [-0.25, -0.2) is 4.79 Å². The molecule has 0 saturated carbocycles. The standard InChI is InChI=1S/C22H16BrNO5/c1-28-20-14-15(11-12-24(26)27)13-19(23)21(20)29-22(25)18-9-7-17(8-10-18)16-5-3-2-4-6-16/h2-14H,1H3. The van der Waals surface area contributed by atoms with Gasteiger partial charge in [-0.15, -0.1) is 0 Å². The van der Waals surface area contributed by atoms with E-state index in [2.05, 4.69) is 15.9 Å². The van der Waals surface area contributed by atoms with E-state index >= 15 is 0 Å². The quantitative estimate of drug-likeness (QED) is 0.210. The fourth-order valence-electron chi connectivity index (χ4n) is 2.66. The maximum atomic E-state index is 12.6. The van der Waals surface area contributed by atoms with Gasteiger partial charge in [-0.05, 0) is 56.9 Å². The average molecular weight is 454 g/mol. The molecule has 6 nitrogen and oxygen atoms in total. The summed E-state index contributed by atoms with van der Waals surface area (Å²) in [5, 5.41) is 10.5. The molecule has 0 aliphatic carbocycles. The SMILES string of the molecule is COc1cc(C=C[N+](=O)[O-])cc(Br)c1OC(=O)c1ccc(-c2ccccc2)cc1. The topological polar surface area (TPSA) is 78.7 Å². The third-order valence-corrected chi connectivity index (χ3v) is 4.65. The molecule has 0 aliphatic rings. The van der Waals surface area contributed by atoms with Gasteiger partial charge in [-0.1, -0.05) is 42.5 Å². The summed E-state index contributed by atoms with van der Waals surface area (Å²) in [6.07, 6.45) is 2.14. The largest absolute Gasteiger partial charge is 0.493 e. The van der Waals surface area contributed by atoms with Gasteiger partial charge in [0, 0.05) is 6.08 Å². The number of ether oxygens (including phenoxy) is 2. The Labute approximate surface area is 175 Å². The van der Waals surface area contributed by atoms with Crippen LogP contribution in [0.3, 0.4) is 0 Å². The summed E-state index contributed by atoms with van der Waals surface area (Å²) < 4.78 is 11.2. The van der Waals surface area contributed by atoms with E-state index in [1.54, 1.807) is 24.3 Å². The highest BCUT2D eigenvalue weighted by molar-refractivity contribution is 9.10. The second-order valence-corrected chi connectivity index (χ2v) is 6.82. The van der Waals surface area contributed by atoms with Crippen LogP contribution in [0.25, 0.3) is 17.2 Å². The predicted octanol–water partition coefficient (Wildman–Crippen LogP) is 5.59. The Morgan fingerprint density at radius 1 is 1.03 bits per heavy atom. The maximum Gasteiger partial charge on any atom is 0.343 e. The Balaban J connectivity index is 1.82. The number of methoxy groups -OCH3 is 1. The highest BCUT2D eigenvalue weighted by atomic mass is 79.9. The summed E-state index contributed by atoms with van der Waals surface area (Å²) in [7, 11) is 1.43. The average Bonchev–Trinajstić information content (AvgIpc) is 2.74. The Hall–Kier alpha value is -3.45. The van der Waals surface area contributed by atoms with Crippen LogP contribution in [0.4, 0.5) is 0 Å². The molecular weight excluding hydrogens is 438 g/mol. The lowest BCUT2D eigenvalue weighted by Gasteiger charge is -2.12. The molecule has 0 aliphatic heterocycles. The maximum absolute atomic E-state index is 12.6. The van der Waals surface area contributed by atoms with Gasteiger partial charge in [0.25, 0.3) is 0 Å². The van der Waals surface area contributed by atoms with E-state index in [9.17, 15) is 14.9 Å². The van der Waals surface area contributed by atoms with Crippen molar-refractivity contribution in [1.82, 2.24) is 0 Å². The minimum absolute atomic E-state index is 0.197. The molecule has 0 amide bonds. The van der Waals surface area contributed by atoms with Crippen LogP contribution < -0.4 is 9.47 Å². The first-order valence-corrected chi connectivity index (χ1v) is 9.34. The van der Waals surface area contributed by atoms with Crippen LogP contribution in [-0.2, 0) is 0 Å². The van der Waals surface area contributed by atoms with Crippen LogP contribution in [0, 0.1) is 10.1 Å². The minimum Gasteiger partial charge on any atom is -0.493 e. The minimum atomic E-state index is -0.562. The summed E-state index contributed by atoms with van der Waals surface area (Å²) in [5.41, 5.74) is 2.95. The molecule has 146 valence electrons. The second kappa shape index (κ2) is 9.16. The van der Waals surface area contributed by atoms with Gasteiger partial charge in [-0.3, -0.25) is 10.1 Å². The molecule has 0 aromatic heterocycles. The first-order chi connectivity index (χ1) is 14.0. The van der Waals surface area contributed by atoms with Crippen LogP contribution in [0.2, 0.25) is 0 Å². The van der Waals surface area contributed by atoms with Gasteiger partial charge in [-0.2, -0.15) is 0 Å². The zero-order chi connectivity index (χ0) is 20.8. The van der Waals surface area contributed by atoms with E-state index in [1.165, 1.54) is 13.2 Å². The Bertz CT molecular complexity index is 1060. The van der Waals surface area contributed by atoms with Gasteiger partial charge in [0.2, 0.25) is 6.20 Å². The summed E-state index contributed by atoms with van der Waals surface area (Å²) in [5.74, 6) is -0.0725. The summed E-state index contributed by atoms with van der Waals surface area (Å²) in [6, 6.07) is 20.1. The van der Waals surface area contributed by atoms with Crippen molar-refractivity contribution in [2.75, 3.05) is 7.11 Å². The van der Waals surface area contributed by atoms with E-state index in [0.29, 0.717) is 15.6 Å². The number of carbonyl (C=O) groups is 1. The van der Waals surface area contributed by atoms with Gasteiger partial charge in [0.05, 0.1) is 22.1 Å². The number of nitro groups is 1. The van der Waals surface area contributed by atoms with Crippen LogP contribution in [-0.4, -0.2) is 18.0 Å². The third kappa shape index (κ3) is 5.08. The van der Waals surface area contributed by atoms with Gasteiger partial charge < -0.3 is 9.47 Å². The summed E-state index contributed by atoms with van der Waals surface area (Å²) in [4.78, 5) is 22.5. The van der Waals surface area contributed by atoms with Crippen LogP contribution in [0.15, 0.2) is 77.4 Å². The van der Waals surface area contributed by atoms with E-state index in [4.69, 9.17) is 9.47 Å². The molecule has 0 saturated heterocycles. The molecule has 0 atom stereocenters. The van der Waals surface area contributed by atoms with Crippen molar-refractivity contribution < 1.29 is 19.2 Å². The monoisotopic (exact) mass is 453 g/mol. The number of esters is 1. The van der Waals surface area contributed by atoms with Gasteiger partial charge in [0.15, 0.2) is 11.5 Å². The zero-order valence-electron chi connectivity index (χ0n) is 15.4. The molecule has 0 N–H and O–H groups in total.